The van der Waals surface area contributed by atoms with E-state index < -0.39 is 6.09 Å². The Morgan fingerprint density at radius 2 is 2.50 bits per heavy atom. The number of nitrogens with zero attached hydrogens (tertiary/aromatic N) is 1. The van der Waals surface area contributed by atoms with Crippen LogP contribution in [0.1, 0.15) is 5.56 Å². The summed E-state index contributed by atoms with van der Waals surface area (Å²) in [5.74, 6) is 0. The first-order valence-electron chi connectivity index (χ1n) is 3.33. The van der Waals surface area contributed by atoms with Gasteiger partial charge in [0, 0.05) is 11.6 Å². The number of amides is 1. The van der Waals surface area contributed by atoms with Gasteiger partial charge < -0.3 is 15.6 Å². The molecule has 5 nitrogen and oxygen atoms in total. The van der Waals surface area contributed by atoms with Gasteiger partial charge in [-0.05, 0) is 6.07 Å². The number of rotatable bonds is 2. The molecule has 1 heterocycles. The first-order valence-corrected chi connectivity index (χ1v) is 3.33. The molecule has 0 saturated carbocycles. The fourth-order valence-corrected chi connectivity index (χ4v) is 0.783. The van der Waals surface area contributed by atoms with Crippen LogP contribution < -0.4 is 10.0 Å². The van der Waals surface area contributed by atoms with Crippen molar-refractivity contribution in [2.24, 2.45) is 0 Å². The van der Waals surface area contributed by atoms with Crippen molar-refractivity contribution in [3.63, 3.8) is 0 Å². The molecule has 0 spiro atoms. The summed E-state index contributed by atoms with van der Waals surface area (Å²) in [5.41, 5.74) is 0.634. The van der Waals surface area contributed by atoms with Crippen molar-refractivity contribution in [3.05, 3.63) is 35.3 Å². The Labute approximate surface area is 68.8 Å². The van der Waals surface area contributed by atoms with Crippen LogP contribution in [0.15, 0.2) is 24.5 Å². The highest BCUT2D eigenvalue weighted by atomic mass is 16.5. The zero-order chi connectivity index (χ0) is 8.97. The van der Waals surface area contributed by atoms with Crippen molar-refractivity contribution in [1.82, 2.24) is 5.32 Å². The van der Waals surface area contributed by atoms with E-state index in [0.29, 0.717) is 10.3 Å². The van der Waals surface area contributed by atoms with Gasteiger partial charge in [-0.2, -0.15) is 4.73 Å². The summed E-state index contributed by atoms with van der Waals surface area (Å²) < 4.78 is 0.624. The second kappa shape index (κ2) is 3.56. The Balaban J connectivity index is 2.57. The highest BCUT2D eigenvalue weighted by molar-refractivity contribution is 5.64. The fourth-order valence-electron chi connectivity index (χ4n) is 0.783. The molecule has 0 radical (unpaired) electrons. The van der Waals surface area contributed by atoms with Gasteiger partial charge in [-0.1, -0.05) is 0 Å². The number of carboxylic acid groups (broad SMARTS) is 1. The van der Waals surface area contributed by atoms with Gasteiger partial charge in [-0.25, -0.2) is 4.79 Å². The molecule has 0 atom stereocenters. The van der Waals surface area contributed by atoms with Crippen LogP contribution >= 0.6 is 0 Å². The van der Waals surface area contributed by atoms with Crippen LogP contribution in [0.25, 0.3) is 0 Å². The number of carbonyl (C=O) groups is 1. The van der Waals surface area contributed by atoms with Crippen molar-refractivity contribution in [1.29, 1.82) is 0 Å². The van der Waals surface area contributed by atoms with E-state index in [1.54, 1.807) is 12.1 Å². The molecule has 64 valence electrons. The monoisotopic (exact) mass is 168 g/mol. The molecule has 0 aliphatic carbocycles. The third-order valence-corrected chi connectivity index (χ3v) is 1.28. The van der Waals surface area contributed by atoms with E-state index in [4.69, 9.17) is 5.11 Å². The largest absolute Gasteiger partial charge is 0.619 e. The van der Waals surface area contributed by atoms with E-state index in [1.165, 1.54) is 12.4 Å². The molecule has 1 rings (SSSR count). The molecule has 0 bridgehead atoms. The van der Waals surface area contributed by atoms with Gasteiger partial charge in [0.15, 0.2) is 12.4 Å². The maximum absolute atomic E-state index is 10.7. The number of nitrogens with one attached hydrogen (secondary N) is 1. The molecule has 1 aromatic heterocycles. The summed E-state index contributed by atoms with van der Waals surface area (Å²) in [6, 6.07) is 3.23. The molecule has 0 aliphatic heterocycles. The van der Waals surface area contributed by atoms with Gasteiger partial charge in [0.25, 0.3) is 0 Å². The first kappa shape index (κ1) is 8.32. The highest BCUT2D eigenvalue weighted by Gasteiger charge is 1.98. The summed E-state index contributed by atoms with van der Waals surface area (Å²) in [4.78, 5) is 10.1. The molecule has 0 aliphatic rings. The predicted molar refractivity (Wildman–Crippen MR) is 40.3 cm³/mol. The summed E-state index contributed by atoms with van der Waals surface area (Å²) in [7, 11) is 0. The summed E-state index contributed by atoms with van der Waals surface area (Å²) in [6.45, 7) is 0.151. The van der Waals surface area contributed by atoms with E-state index in [9.17, 15) is 10.0 Å². The van der Waals surface area contributed by atoms with Gasteiger partial charge in [0.1, 0.15) is 0 Å². The third kappa shape index (κ3) is 2.45. The fraction of sp³-hybridized carbons (Fsp3) is 0.143. The molecule has 1 aromatic rings. The van der Waals surface area contributed by atoms with E-state index in [0.717, 1.165) is 0 Å². The second-order valence-electron chi connectivity index (χ2n) is 2.23. The molecule has 2 N–H and O–H groups in total. The SMILES string of the molecule is O=C(O)NCc1ccc[n+]([O-])c1. The molecule has 0 fully saturated rings. The highest BCUT2D eigenvalue weighted by Crippen LogP contribution is 1.92. The second-order valence-corrected chi connectivity index (χ2v) is 2.23. The molecule has 12 heavy (non-hydrogen) atoms. The maximum atomic E-state index is 10.7. The Kier molecular flexibility index (Phi) is 2.47. The Morgan fingerprint density at radius 3 is 3.08 bits per heavy atom. The Morgan fingerprint density at radius 1 is 1.75 bits per heavy atom. The van der Waals surface area contributed by atoms with Crippen LogP contribution in [0.5, 0.6) is 0 Å². The van der Waals surface area contributed by atoms with Crippen LogP contribution in [0.4, 0.5) is 4.79 Å². The number of hydrogen-bond acceptors (Lipinski definition) is 2. The van der Waals surface area contributed by atoms with E-state index in [2.05, 4.69) is 5.32 Å². The molecule has 0 unspecified atom stereocenters. The Hall–Kier alpha value is -1.78. The van der Waals surface area contributed by atoms with Gasteiger partial charge in [-0.15, -0.1) is 0 Å². The quantitative estimate of drug-likeness (QED) is 0.485. The molecule has 0 aromatic carbocycles. The third-order valence-electron chi connectivity index (χ3n) is 1.28. The van der Waals surface area contributed by atoms with Gasteiger partial charge >= 0.3 is 6.09 Å². The van der Waals surface area contributed by atoms with Crippen molar-refractivity contribution >= 4 is 6.09 Å². The summed E-state index contributed by atoms with van der Waals surface area (Å²) in [6.07, 6.45) is 1.55. The van der Waals surface area contributed by atoms with Crippen LogP contribution in [0.3, 0.4) is 0 Å². The zero-order valence-corrected chi connectivity index (χ0v) is 6.23. The number of aromatic nitrogens is 1. The van der Waals surface area contributed by atoms with Crippen LogP contribution in [-0.4, -0.2) is 11.2 Å². The smallest absolute Gasteiger partial charge is 0.404 e. The van der Waals surface area contributed by atoms with Crippen molar-refractivity contribution in [2.45, 2.75) is 6.54 Å². The van der Waals surface area contributed by atoms with E-state index in [-0.39, 0.29) is 6.54 Å². The lowest BCUT2D eigenvalue weighted by Gasteiger charge is -2.00. The lowest BCUT2D eigenvalue weighted by molar-refractivity contribution is -0.605. The Bertz CT molecular complexity index is 288. The van der Waals surface area contributed by atoms with Crippen LogP contribution in [-0.2, 0) is 6.54 Å². The minimum absolute atomic E-state index is 0.151. The predicted octanol–water partition coefficient (Wildman–Crippen LogP) is 0.0876. The van der Waals surface area contributed by atoms with Crippen LogP contribution in [0, 0.1) is 5.21 Å². The van der Waals surface area contributed by atoms with Crippen molar-refractivity contribution in [3.8, 4) is 0 Å². The minimum atomic E-state index is -1.10. The summed E-state index contributed by atoms with van der Waals surface area (Å²) >= 11 is 0. The minimum Gasteiger partial charge on any atom is -0.619 e. The van der Waals surface area contributed by atoms with Gasteiger partial charge in [0.05, 0.1) is 6.54 Å². The molecule has 1 amide bonds. The van der Waals surface area contributed by atoms with Gasteiger partial charge in [0.2, 0.25) is 0 Å². The average molecular weight is 168 g/mol. The first-order chi connectivity index (χ1) is 5.68. The van der Waals surface area contributed by atoms with Crippen molar-refractivity contribution in [2.75, 3.05) is 0 Å². The van der Waals surface area contributed by atoms with Crippen LogP contribution in [0.2, 0.25) is 0 Å². The lowest BCUT2D eigenvalue weighted by atomic mass is 10.3. The standard InChI is InChI=1S/C7H8N2O3/c10-7(11)8-4-6-2-1-3-9(12)5-6/h1-3,5,8H,4H2,(H,10,11). The zero-order valence-electron chi connectivity index (χ0n) is 6.23. The number of pyridine rings is 1. The molecular weight excluding hydrogens is 160 g/mol. The average Bonchev–Trinajstić information content (AvgIpc) is 2.01. The lowest BCUT2D eigenvalue weighted by Crippen LogP contribution is -2.27. The van der Waals surface area contributed by atoms with E-state index in [1.807, 2.05) is 0 Å². The normalized spacial score (nSPS) is 9.33. The van der Waals surface area contributed by atoms with E-state index >= 15 is 0 Å². The van der Waals surface area contributed by atoms with Gasteiger partial charge in [-0.3, -0.25) is 0 Å². The number of hydrogen-bond donors (Lipinski definition) is 2. The maximum Gasteiger partial charge on any atom is 0.404 e. The topological polar surface area (TPSA) is 76.3 Å². The van der Waals surface area contributed by atoms with Crippen molar-refractivity contribution < 1.29 is 14.6 Å². The molecular formula is C7H8N2O3. The molecule has 0 saturated heterocycles. The molecule has 5 heteroatoms. The summed E-state index contributed by atoms with van der Waals surface area (Å²) in [5, 5.41) is 21.1.